The largest absolute Gasteiger partial charge is 0.380 e. The van der Waals surface area contributed by atoms with Crippen LogP contribution in [0.3, 0.4) is 0 Å². The molecule has 0 bridgehead atoms. The van der Waals surface area contributed by atoms with Gasteiger partial charge in [0.15, 0.2) is 0 Å². The molecule has 0 aromatic carbocycles. The highest BCUT2D eigenvalue weighted by Gasteiger charge is 2.12. The maximum absolute atomic E-state index is 5.94. The van der Waals surface area contributed by atoms with Crippen LogP contribution in [-0.4, -0.2) is 36.8 Å². The van der Waals surface area contributed by atoms with Crippen LogP contribution in [0, 0.1) is 0 Å². The predicted molar refractivity (Wildman–Crippen MR) is 66.4 cm³/mol. The molecule has 0 aliphatic heterocycles. The van der Waals surface area contributed by atoms with Gasteiger partial charge in [0.1, 0.15) is 17.3 Å². The van der Waals surface area contributed by atoms with E-state index in [1.54, 1.807) is 0 Å². The number of ether oxygens (including phenoxy) is 1. The van der Waals surface area contributed by atoms with Crippen LogP contribution in [0.5, 0.6) is 0 Å². The van der Waals surface area contributed by atoms with Crippen molar-refractivity contribution in [3.8, 4) is 0 Å². The number of hydrogen-bond acceptors (Lipinski definition) is 4. The standard InChI is InChI=1S/C10H15Cl2N3O/c1-3-16-5-4-15(2)10-8(6-11)9(12)13-7-14-10/h7H,3-6H2,1-2H3. The topological polar surface area (TPSA) is 38.2 Å². The third-order valence-electron chi connectivity index (χ3n) is 2.14. The van der Waals surface area contributed by atoms with E-state index in [2.05, 4.69) is 9.97 Å². The highest BCUT2D eigenvalue weighted by molar-refractivity contribution is 6.31. The lowest BCUT2D eigenvalue weighted by Gasteiger charge is -2.20. The zero-order valence-corrected chi connectivity index (χ0v) is 10.9. The second-order valence-electron chi connectivity index (χ2n) is 3.22. The van der Waals surface area contributed by atoms with Gasteiger partial charge in [-0.3, -0.25) is 0 Å². The van der Waals surface area contributed by atoms with Gasteiger partial charge in [-0.2, -0.15) is 0 Å². The van der Waals surface area contributed by atoms with Crippen molar-refractivity contribution in [3.63, 3.8) is 0 Å². The minimum atomic E-state index is 0.300. The lowest BCUT2D eigenvalue weighted by Crippen LogP contribution is -2.24. The molecular weight excluding hydrogens is 249 g/mol. The van der Waals surface area contributed by atoms with E-state index < -0.39 is 0 Å². The molecule has 0 atom stereocenters. The highest BCUT2D eigenvalue weighted by atomic mass is 35.5. The molecule has 0 aliphatic rings. The second kappa shape index (κ2) is 6.89. The summed E-state index contributed by atoms with van der Waals surface area (Å²) in [5.41, 5.74) is 0.754. The van der Waals surface area contributed by atoms with E-state index in [1.807, 2.05) is 18.9 Å². The van der Waals surface area contributed by atoms with Crippen LogP contribution in [0.1, 0.15) is 12.5 Å². The highest BCUT2D eigenvalue weighted by Crippen LogP contribution is 2.23. The van der Waals surface area contributed by atoms with E-state index in [0.717, 1.165) is 17.9 Å². The number of likely N-dealkylation sites (N-methyl/N-ethyl adjacent to an activating group) is 1. The maximum atomic E-state index is 5.94. The fourth-order valence-electron chi connectivity index (χ4n) is 1.28. The van der Waals surface area contributed by atoms with Gasteiger partial charge in [0.2, 0.25) is 0 Å². The Balaban J connectivity index is 2.74. The van der Waals surface area contributed by atoms with Crippen LogP contribution in [-0.2, 0) is 10.6 Å². The van der Waals surface area contributed by atoms with Gasteiger partial charge in [-0.15, -0.1) is 11.6 Å². The maximum Gasteiger partial charge on any atom is 0.138 e. The molecule has 6 heteroatoms. The quantitative estimate of drug-likeness (QED) is 0.449. The number of hydrogen-bond donors (Lipinski definition) is 0. The van der Waals surface area contributed by atoms with Crippen molar-refractivity contribution in [2.75, 3.05) is 31.7 Å². The molecule has 1 rings (SSSR count). The van der Waals surface area contributed by atoms with E-state index >= 15 is 0 Å². The predicted octanol–water partition coefficient (Wildman–Crippen LogP) is 2.34. The number of halogens is 2. The van der Waals surface area contributed by atoms with Gasteiger partial charge >= 0.3 is 0 Å². The number of nitrogens with zero attached hydrogens (tertiary/aromatic N) is 3. The average molecular weight is 264 g/mol. The summed E-state index contributed by atoms with van der Waals surface area (Å²) in [6.07, 6.45) is 1.44. The molecule has 0 fully saturated rings. The molecule has 0 amide bonds. The van der Waals surface area contributed by atoms with E-state index in [0.29, 0.717) is 24.2 Å². The Bertz CT molecular complexity index is 336. The van der Waals surface area contributed by atoms with Gasteiger partial charge < -0.3 is 9.64 Å². The molecule has 0 saturated heterocycles. The van der Waals surface area contributed by atoms with E-state index in [4.69, 9.17) is 27.9 Å². The monoisotopic (exact) mass is 263 g/mol. The Labute approximate surface area is 106 Å². The van der Waals surface area contributed by atoms with Crippen LogP contribution < -0.4 is 4.90 Å². The smallest absolute Gasteiger partial charge is 0.138 e. The van der Waals surface area contributed by atoms with Gasteiger partial charge in [0.25, 0.3) is 0 Å². The first-order valence-corrected chi connectivity index (χ1v) is 5.96. The van der Waals surface area contributed by atoms with Crippen molar-refractivity contribution in [1.82, 2.24) is 9.97 Å². The van der Waals surface area contributed by atoms with Crippen molar-refractivity contribution >= 4 is 29.0 Å². The first-order chi connectivity index (χ1) is 7.70. The second-order valence-corrected chi connectivity index (χ2v) is 3.84. The average Bonchev–Trinajstić information content (AvgIpc) is 2.29. The zero-order chi connectivity index (χ0) is 12.0. The van der Waals surface area contributed by atoms with Gasteiger partial charge in [0, 0.05) is 25.8 Å². The molecule has 0 unspecified atom stereocenters. The van der Waals surface area contributed by atoms with Crippen LogP contribution in [0.25, 0.3) is 0 Å². The molecule has 0 spiro atoms. The van der Waals surface area contributed by atoms with Gasteiger partial charge in [-0.25, -0.2) is 9.97 Å². The lowest BCUT2D eigenvalue weighted by atomic mass is 10.3. The van der Waals surface area contributed by atoms with Gasteiger partial charge in [-0.05, 0) is 6.92 Å². The number of alkyl halides is 1. The summed E-state index contributed by atoms with van der Waals surface area (Å²) in [5.74, 6) is 1.06. The summed E-state index contributed by atoms with van der Waals surface area (Å²) in [5, 5.41) is 0.406. The van der Waals surface area contributed by atoms with Crippen molar-refractivity contribution in [1.29, 1.82) is 0 Å². The Hall–Kier alpha value is -0.580. The summed E-state index contributed by atoms with van der Waals surface area (Å²) in [7, 11) is 1.92. The van der Waals surface area contributed by atoms with Crippen LogP contribution in [0.2, 0.25) is 5.15 Å². The molecule has 0 radical (unpaired) electrons. The first-order valence-electron chi connectivity index (χ1n) is 5.04. The molecule has 90 valence electrons. The molecule has 16 heavy (non-hydrogen) atoms. The molecule has 1 aromatic heterocycles. The van der Waals surface area contributed by atoms with Gasteiger partial charge in [-0.1, -0.05) is 11.6 Å². The normalized spacial score (nSPS) is 10.5. The Morgan fingerprint density at radius 1 is 1.44 bits per heavy atom. The molecule has 0 saturated carbocycles. The Morgan fingerprint density at radius 2 is 2.19 bits per heavy atom. The Morgan fingerprint density at radius 3 is 2.81 bits per heavy atom. The van der Waals surface area contributed by atoms with E-state index in [-0.39, 0.29) is 0 Å². The van der Waals surface area contributed by atoms with Crippen molar-refractivity contribution in [2.45, 2.75) is 12.8 Å². The van der Waals surface area contributed by atoms with Crippen LogP contribution >= 0.6 is 23.2 Å². The summed E-state index contributed by atoms with van der Waals surface area (Å²) in [6.45, 7) is 4.06. The van der Waals surface area contributed by atoms with Crippen molar-refractivity contribution in [2.24, 2.45) is 0 Å². The molecule has 0 aliphatic carbocycles. The van der Waals surface area contributed by atoms with E-state index in [9.17, 15) is 0 Å². The molecule has 0 N–H and O–H groups in total. The molecule has 4 nitrogen and oxygen atoms in total. The number of anilines is 1. The fraction of sp³-hybridized carbons (Fsp3) is 0.600. The van der Waals surface area contributed by atoms with Gasteiger partial charge in [0.05, 0.1) is 12.5 Å². The van der Waals surface area contributed by atoms with Crippen LogP contribution in [0.4, 0.5) is 5.82 Å². The summed E-state index contributed by atoms with van der Waals surface area (Å²) >= 11 is 11.8. The number of rotatable bonds is 6. The third-order valence-corrected chi connectivity index (χ3v) is 2.73. The Kier molecular flexibility index (Phi) is 5.80. The summed E-state index contributed by atoms with van der Waals surface area (Å²) < 4.78 is 5.28. The molecular formula is C10H15Cl2N3O. The minimum absolute atomic E-state index is 0.300. The molecule has 1 aromatic rings. The lowest BCUT2D eigenvalue weighted by molar-refractivity contribution is 0.154. The SMILES string of the molecule is CCOCCN(C)c1ncnc(Cl)c1CCl. The van der Waals surface area contributed by atoms with Crippen molar-refractivity contribution in [3.05, 3.63) is 17.0 Å². The van der Waals surface area contributed by atoms with Crippen molar-refractivity contribution < 1.29 is 4.74 Å². The van der Waals surface area contributed by atoms with E-state index in [1.165, 1.54) is 6.33 Å². The zero-order valence-electron chi connectivity index (χ0n) is 9.41. The minimum Gasteiger partial charge on any atom is -0.380 e. The van der Waals surface area contributed by atoms with Crippen LogP contribution in [0.15, 0.2) is 6.33 Å². The molecule has 1 heterocycles. The first kappa shape index (κ1) is 13.5. The summed E-state index contributed by atoms with van der Waals surface area (Å²) in [4.78, 5) is 10.0. The fourth-order valence-corrected chi connectivity index (χ4v) is 1.79. The summed E-state index contributed by atoms with van der Waals surface area (Å²) in [6, 6.07) is 0. The number of aromatic nitrogens is 2. The third kappa shape index (κ3) is 3.47.